The third-order valence-corrected chi connectivity index (χ3v) is 6.58. The van der Waals surface area contributed by atoms with Crippen molar-refractivity contribution in [1.29, 1.82) is 0 Å². The number of amides is 1. The van der Waals surface area contributed by atoms with Gasteiger partial charge in [-0.25, -0.2) is 0 Å². The number of aromatic nitrogens is 3. The summed E-state index contributed by atoms with van der Waals surface area (Å²) in [7, 11) is 4.06. The first-order valence-electron chi connectivity index (χ1n) is 11.0. The van der Waals surface area contributed by atoms with Gasteiger partial charge in [0.15, 0.2) is 11.5 Å². The first-order chi connectivity index (χ1) is 15.0. The number of piperidine rings is 3. The Hall–Kier alpha value is -2.65. The second-order valence-electron chi connectivity index (χ2n) is 9.11. The SMILES string of the molecule is CN(C)Cc1cn(CC2CC3CCN2CC3C(=O)NCc2ccc3c(c2)OCO3)nn1. The molecule has 6 rings (SSSR count). The fourth-order valence-electron chi connectivity index (χ4n) is 5.04. The number of benzene rings is 1. The van der Waals surface area contributed by atoms with Gasteiger partial charge in [0.1, 0.15) is 0 Å². The summed E-state index contributed by atoms with van der Waals surface area (Å²) >= 11 is 0. The molecule has 0 saturated carbocycles. The summed E-state index contributed by atoms with van der Waals surface area (Å²) < 4.78 is 12.7. The number of fused-ring (bicyclic) bond motifs is 4. The van der Waals surface area contributed by atoms with Gasteiger partial charge in [-0.15, -0.1) is 5.10 Å². The summed E-state index contributed by atoms with van der Waals surface area (Å²) in [4.78, 5) is 17.5. The van der Waals surface area contributed by atoms with Crippen molar-refractivity contribution < 1.29 is 14.3 Å². The summed E-state index contributed by atoms with van der Waals surface area (Å²) in [5, 5.41) is 11.7. The van der Waals surface area contributed by atoms with E-state index in [4.69, 9.17) is 9.47 Å². The maximum atomic E-state index is 12.9. The van der Waals surface area contributed by atoms with Crippen molar-refractivity contribution in [2.75, 3.05) is 34.0 Å². The van der Waals surface area contributed by atoms with Crippen molar-refractivity contribution in [3.8, 4) is 11.5 Å². The Morgan fingerprint density at radius 1 is 1.29 bits per heavy atom. The van der Waals surface area contributed by atoms with Crippen LogP contribution in [0.2, 0.25) is 0 Å². The lowest BCUT2D eigenvalue weighted by Gasteiger charge is -2.49. The predicted molar refractivity (Wildman–Crippen MR) is 113 cm³/mol. The van der Waals surface area contributed by atoms with Crippen LogP contribution in [0.15, 0.2) is 24.4 Å². The first-order valence-corrected chi connectivity index (χ1v) is 11.0. The number of hydrogen-bond acceptors (Lipinski definition) is 7. The topological polar surface area (TPSA) is 84.8 Å². The van der Waals surface area contributed by atoms with E-state index < -0.39 is 0 Å². The van der Waals surface area contributed by atoms with Gasteiger partial charge in [0, 0.05) is 31.9 Å². The number of nitrogens with zero attached hydrogens (tertiary/aromatic N) is 5. The van der Waals surface area contributed by atoms with E-state index in [1.165, 1.54) is 0 Å². The van der Waals surface area contributed by atoms with Crippen LogP contribution in [0.25, 0.3) is 0 Å². The molecule has 4 aliphatic rings. The Morgan fingerprint density at radius 3 is 2.97 bits per heavy atom. The molecule has 4 unspecified atom stereocenters. The van der Waals surface area contributed by atoms with E-state index >= 15 is 0 Å². The monoisotopic (exact) mass is 426 g/mol. The van der Waals surface area contributed by atoms with E-state index in [-0.39, 0.29) is 18.6 Å². The lowest BCUT2D eigenvalue weighted by Crippen LogP contribution is -2.58. The molecule has 5 heterocycles. The van der Waals surface area contributed by atoms with Gasteiger partial charge in [0.2, 0.25) is 12.7 Å². The highest BCUT2D eigenvalue weighted by molar-refractivity contribution is 5.79. The smallest absolute Gasteiger partial charge is 0.231 e. The van der Waals surface area contributed by atoms with Crippen molar-refractivity contribution in [3.05, 3.63) is 35.7 Å². The third kappa shape index (κ3) is 4.38. The number of carbonyl (C=O) groups excluding carboxylic acids is 1. The van der Waals surface area contributed by atoms with Gasteiger partial charge in [-0.05, 0) is 57.1 Å². The number of carbonyl (C=O) groups is 1. The fraction of sp³-hybridized carbons (Fsp3) is 0.591. The van der Waals surface area contributed by atoms with Crippen molar-refractivity contribution in [2.45, 2.75) is 38.5 Å². The van der Waals surface area contributed by atoms with E-state index in [0.29, 0.717) is 18.5 Å². The molecule has 2 aromatic rings. The molecule has 3 fully saturated rings. The van der Waals surface area contributed by atoms with Gasteiger partial charge in [-0.2, -0.15) is 0 Å². The zero-order valence-corrected chi connectivity index (χ0v) is 18.2. The molecule has 1 N–H and O–H groups in total. The van der Waals surface area contributed by atoms with Crippen molar-refractivity contribution in [1.82, 2.24) is 30.1 Å². The number of rotatable bonds is 7. The average Bonchev–Trinajstić information content (AvgIpc) is 3.40. The molecule has 3 saturated heterocycles. The Kier molecular flexibility index (Phi) is 5.54. The minimum atomic E-state index is 0.0547. The van der Waals surface area contributed by atoms with Crippen molar-refractivity contribution >= 4 is 5.91 Å². The van der Waals surface area contributed by atoms with Gasteiger partial charge in [0.25, 0.3) is 0 Å². The minimum Gasteiger partial charge on any atom is -0.454 e. The molecule has 4 aliphatic heterocycles. The van der Waals surface area contributed by atoms with Crippen LogP contribution in [0.1, 0.15) is 24.1 Å². The lowest BCUT2D eigenvalue weighted by molar-refractivity contribution is -0.133. The van der Waals surface area contributed by atoms with Crippen LogP contribution in [0.4, 0.5) is 0 Å². The van der Waals surface area contributed by atoms with Crippen molar-refractivity contribution in [3.63, 3.8) is 0 Å². The maximum absolute atomic E-state index is 12.9. The Labute approximate surface area is 182 Å². The fourth-order valence-corrected chi connectivity index (χ4v) is 5.04. The quantitative estimate of drug-likeness (QED) is 0.710. The van der Waals surface area contributed by atoms with E-state index in [9.17, 15) is 4.79 Å². The van der Waals surface area contributed by atoms with E-state index in [2.05, 4.69) is 25.4 Å². The zero-order valence-electron chi connectivity index (χ0n) is 18.2. The molecule has 4 atom stereocenters. The summed E-state index contributed by atoms with van der Waals surface area (Å²) in [6.07, 6.45) is 4.16. The molecule has 9 heteroatoms. The molecule has 31 heavy (non-hydrogen) atoms. The number of hydrogen-bond donors (Lipinski definition) is 1. The first kappa shape index (κ1) is 20.3. The third-order valence-electron chi connectivity index (χ3n) is 6.58. The van der Waals surface area contributed by atoms with Crippen LogP contribution in [-0.4, -0.2) is 70.7 Å². The summed E-state index contributed by atoms with van der Waals surface area (Å²) in [6.45, 7) is 4.28. The van der Waals surface area contributed by atoms with Crippen LogP contribution in [0.5, 0.6) is 11.5 Å². The van der Waals surface area contributed by atoms with Gasteiger partial charge in [-0.3, -0.25) is 14.4 Å². The molecule has 2 bridgehead atoms. The second-order valence-corrected chi connectivity index (χ2v) is 9.11. The van der Waals surface area contributed by atoms with Gasteiger partial charge < -0.3 is 19.7 Å². The molecule has 1 amide bonds. The lowest BCUT2D eigenvalue weighted by atomic mass is 9.75. The Morgan fingerprint density at radius 2 is 2.16 bits per heavy atom. The number of nitrogens with one attached hydrogen (secondary N) is 1. The van der Waals surface area contributed by atoms with Gasteiger partial charge >= 0.3 is 0 Å². The van der Waals surface area contributed by atoms with Crippen molar-refractivity contribution in [2.24, 2.45) is 11.8 Å². The Bertz CT molecular complexity index is 945. The molecule has 0 radical (unpaired) electrons. The molecule has 0 aliphatic carbocycles. The summed E-state index contributed by atoms with van der Waals surface area (Å²) in [6, 6.07) is 6.24. The van der Waals surface area contributed by atoms with Crippen LogP contribution in [0, 0.1) is 11.8 Å². The van der Waals surface area contributed by atoms with Crippen LogP contribution in [-0.2, 0) is 24.4 Å². The van der Waals surface area contributed by atoms with E-state index in [1.54, 1.807) is 0 Å². The largest absolute Gasteiger partial charge is 0.454 e. The zero-order chi connectivity index (χ0) is 21.4. The van der Waals surface area contributed by atoms with Crippen LogP contribution < -0.4 is 14.8 Å². The predicted octanol–water partition coefficient (Wildman–Crippen LogP) is 1.10. The van der Waals surface area contributed by atoms with Crippen LogP contribution in [0.3, 0.4) is 0 Å². The maximum Gasteiger partial charge on any atom is 0.231 e. The summed E-state index contributed by atoms with van der Waals surface area (Å²) in [5.74, 6) is 2.15. The molecule has 9 nitrogen and oxygen atoms in total. The highest BCUT2D eigenvalue weighted by Crippen LogP contribution is 2.37. The highest BCUT2D eigenvalue weighted by atomic mass is 16.7. The molecule has 1 aromatic heterocycles. The highest BCUT2D eigenvalue weighted by Gasteiger charge is 2.43. The molecule has 0 spiro atoms. The van der Waals surface area contributed by atoms with E-state index in [1.807, 2.05) is 43.2 Å². The molecule has 1 aromatic carbocycles. The average molecular weight is 427 g/mol. The minimum absolute atomic E-state index is 0.0547. The van der Waals surface area contributed by atoms with Crippen LogP contribution >= 0.6 is 0 Å². The van der Waals surface area contributed by atoms with Gasteiger partial charge in [-0.1, -0.05) is 11.3 Å². The second kappa shape index (κ2) is 8.47. The molecule has 166 valence electrons. The Balaban J connectivity index is 1.15. The standard InChI is InChI=1S/C22H30N6O3/c1-26(2)10-17-11-28(25-24-17)12-18-8-16-5-6-27(18)13-19(16)22(29)23-9-15-3-4-20-21(7-15)31-14-30-20/h3-4,7,11,16,18-19H,5-6,8-10,12-14H2,1-2H3,(H,23,29). The summed E-state index contributed by atoms with van der Waals surface area (Å²) in [5.41, 5.74) is 2.01. The van der Waals surface area contributed by atoms with E-state index in [0.717, 1.165) is 61.8 Å². The molecular formula is C22H30N6O3. The normalized spacial score (nSPS) is 26.4. The molecular weight excluding hydrogens is 396 g/mol. The number of ether oxygens (including phenoxy) is 2. The van der Waals surface area contributed by atoms with Gasteiger partial charge in [0.05, 0.1) is 18.2 Å².